The molecule has 1 aliphatic rings. The Kier molecular flexibility index (Phi) is 4.45. The first-order valence-electron chi connectivity index (χ1n) is 7.69. The van der Waals surface area contributed by atoms with Gasteiger partial charge in [-0.25, -0.2) is 0 Å². The summed E-state index contributed by atoms with van der Waals surface area (Å²) in [5, 5.41) is 21.1. The average molecular weight is 353 g/mol. The third kappa shape index (κ3) is 3.02. The van der Waals surface area contributed by atoms with Crippen LogP contribution in [0.15, 0.2) is 48.0 Å². The van der Waals surface area contributed by atoms with Crippen molar-refractivity contribution in [3.05, 3.63) is 59.2 Å². The number of fused-ring (bicyclic) bond motifs is 1. The second-order valence-electron chi connectivity index (χ2n) is 5.62. The van der Waals surface area contributed by atoms with Crippen LogP contribution < -0.4 is 10.1 Å². The van der Waals surface area contributed by atoms with Gasteiger partial charge in [-0.05, 0) is 35.4 Å². The van der Waals surface area contributed by atoms with Crippen LogP contribution in [0.1, 0.15) is 15.9 Å². The van der Waals surface area contributed by atoms with E-state index in [4.69, 9.17) is 9.84 Å². The molecular formula is C19H15NO6. The highest BCUT2D eigenvalue weighted by molar-refractivity contribution is 6.34. The number of carboxylic acid groups (broad SMARTS) is 1. The Morgan fingerprint density at radius 2 is 1.81 bits per heavy atom. The first-order valence-corrected chi connectivity index (χ1v) is 7.69. The Balaban J connectivity index is 1.98. The van der Waals surface area contributed by atoms with E-state index in [0.29, 0.717) is 5.75 Å². The lowest BCUT2D eigenvalue weighted by atomic mass is 9.99. The van der Waals surface area contributed by atoms with Crippen LogP contribution in [-0.4, -0.2) is 41.5 Å². The summed E-state index contributed by atoms with van der Waals surface area (Å²) in [5.41, 5.74) is 1.51. The number of Topliss-reactive ketones (excluding diaryl/α,β-unsaturated/α-hetero) is 1. The van der Waals surface area contributed by atoms with Gasteiger partial charge in [0, 0.05) is 11.1 Å². The fourth-order valence-corrected chi connectivity index (χ4v) is 2.75. The monoisotopic (exact) mass is 353 g/mol. The van der Waals surface area contributed by atoms with Crippen LogP contribution in [-0.2, 0) is 9.59 Å². The topological polar surface area (TPSA) is 113 Å². The van der Waals surface area contributed by atoms with E-state index < -0.39 is 35.5 Å². The Morgan fingerprint density at radius 3 is 2.50 bits per heavy atom. The molecule has 0 unspecified atom stereocenters. The summed E-state index contributed by atoms with van der Waals surface area (Å²) in [5.74, 6) is -2.61. The molecule has 132 valence electrons. The summed E-state index contributed by atoms with van der Waals surface area (Å²) in [6.07, 6.45) is 0. The van der Waals surface area contributed by atoms with Crippen LogP contribution in [0.2, 0.25) is 0 Å². The lowest BCUT2D eigenvalue weighted by Crippen LogP contribution is -2.32. The van der Waals surface area contributed by atoms with E-state index in [2.05, 4.69) is 5.32 Å². The second kappa shape index (κ2) is 6.72. The minimum atomic E-state index is -1.25. The van der Waals surface area contributed by atoms with Crippen LogP contribution in [0.5, 0.6) is 5.75 Å². The minimum Gasteiger partial charge on any atom is -0.506 e. The average Bonchev–Trinajstić information content (AvgIpc) is 2.90. The van der Waals surface area contributed by atoms with E-state index in [1.807, 2.05) is 12.1 Å². The van der Waals surface area contributed by atoms with Gasteiger partial charge in [0.25, 0.3) is 5.91 Å². The number of aliphatic hydroxyl groups is 1. The van der Waals surface area contributed by atoms with E-state index in [-0.39, 0.29) is 11.1 Å². The molecule has 0 heterocycles. The van der Waals surface area contributed by atoms with Gasteiger partial charge in [0.2, 0.25) is 5.78 Å². The van der Waals surface area contributed by atoms with Crippen molar-refractivity contribution < 1.29 is 29.3 Å². The van der Waals surface area contributed by atoms with E-state index in [9.17, 15) is 19.5 Å². The third-order valence-electron chi connectivity index (χ3n) is 4.01. The number of benzene rings is 2. The molecule has 0 fully saturated rings. The van der Waals surface area contributed by atoms with Crippen molar-refractivity contribution in [3.8, 4) is 16.9 Å². The number of methoxy groups -OCH3 is 1. The maximum absolute atomic E-state index is 12.4. The van der Waals surface area contributed by atoms with Crippen molar-refractivity contribution in [1.29, 1.82) is 0 Å². The largest absolute Gasteiger partial charge is 0.506 e. The molecule has 1 aliphatic carbocycles. The molecule has 3 rings (SSSR count). The molecule has 0 spiro atoms. The van der Waals surface area contributed by atoms with E-state index in [1.165, 1.54) is 6.07 Å². The van der Waals surface area contributed by atoms with E-state index >= 15 is 0 Å². The van der Waals surface area contributed by atoms with Gasteiger partial charge in [0.05, 0.1) is 7.11 Å². The molecule has 0 saturated heterocycles. The molecule has 0 saturated carbocycles. The number of rotatable bonds is 5. The van der Waals surface area contributed by atoms with E-state index in [1.54, 1.807) is 31.4 Å². The summed E-state index contributed by atoms with van der Waals surface area (Å²) < 4.78 is 5.19. The molecule has 1 amide bonds. The number of amides is 1. The quantitative estimate of drug-likeness (QED) is 0.709. The molecule has 0 aliphatic heterocycles. The van der Waals surface area contributed by atoms with Crippen LogP contribution in [0.4, 0.5) is 0 Å². The van der Waals surface area contributed by atoms with Gasteiger partial charge in [-0.1, -0.05) is 18.2 Å². The van der Waals surface area contributed by atoms with Gasteiger partial charge in [0.15, 0.2) is 0 Å². The van der Waals surface area contributed by atoms with Crippen LogP contribution in [0, 0.1) is 0 Å². The van der Waals surface area contributed by atoms with Crippen molar-refractivity contribution in [1.82, 2.24) is 5.32 Å². The number of nitrogens with one attached hydrogen (secondary N) is 1. The number of ether oxygens (including phenoxy) is 1. The normalized spacial score (nSPS) is 12.7. The zero-order valence-electron chi connectivity index (χ0n) is 13.8. The number of aliphatic carboxylic acids is 1. The number of hydrogen-bond acceptors (Lipinski definition) is 5. The number of aliphatic hydroxyl groups excluding tert-OH is 1. The Labute approximate surface area is 148 Å². The first-order chi connectivity index (χ1) is 12.4. The Hall–Kier alpha value is -3.61. The number of carbonyl (C=O) groups excluding carboxylic acids is 2. The number of carbonyl (C=O) groups is 3. The smallest absolute Gasteiger partial charge is 0.322 e. The van der Waals surface area contributed by atoms with Crippen LogP contribution in [0.25, 0.3) is 16.9 Å². The van der Waals surface area contributed by atoms with Gasteiger partial charge >= 0.3 is 5.97 Å². The minimum absolute atomic E-state index is 0.189. The zero-order valence-corrected chi connectivity index (χ0v) is 13.8. The van der Waals surface area contributed by atoms with Crippen molar-refractivity contribution >= 4 is 23.4 Å². The predicted molar refractivity (Wildman–Crippen MR) is 93.0 cm³/mol. The number of hydrogen-bond donors (Lipinski definition) is 3. The third-order valence-corrected chi connectivity index (χ3v) is 4.01. The Morgan fingerprint density at radius 1 is 1.08 bits per heavy atom. The molecule has 3 N–H and O–H groups in total. The maximum Gasteiger partial charge on any atom is 0.322 e. The van der Waals surface area contributed by atoms with Crippen molar-refractivity contribution in [2.75, 3.05) is 13.7 Å². The number of carboxylic acids is 1. The van der Waals surface area contributed by atoms with Gasteiger partial charge < -0.3 is 20.3 Å². The highest BCUT2D eigenvalue weighted by Crippen LogP contribution is 2.35. The second-order valence-corrected chi connectivity index (χ2v) is 5.62. The van der Waals surface area contributed by atoms with Crippen LogP contribution in [0.3, 0.4) is 0 Å². The van der Waals surface area contributed by atoms with E-state index in [0.717, 1.165) is 11.1 Å². The SMILES string of the molecule is COc1cccc(-c2ccc3c(c2)C(O)=C(C(=O)NCC(=O)O)C3=O)c1. The summed E-state index contributed by atoms with van der Waals surface area (Å²) >= 11 is 0. The maximum atomic E-state index is 12.4. The number of ketones is 1. The molecule has 0 aromatic heterocycles. The molecule has 0 radical (unpaired) electrons. The molecule has 7 nitrogen and oxygen atoms in total. The molecule has 2 aromatic rings. The van der Waals surface area contributed by atoms with Crippen molar-refractivity contribution in [2.24, 2.45) is 0 Å². The fraction of sp³-hybridized carbons (Fsp3) is 0.105. The summed E-state index contributed by atoms with van der Waals surface area (Å²) in [4.78, 5) is 35.0. The molecule has 7 heteroatoms. The van der Waals surface area contributed by atoms with Crippen LogP contribution >= 0.6 is 0 Å². The highest BCUT2D eigenvalue weighted by atomic mass is 16.5. The molecule has 26 heavy (non-hydrogen) atoms. The molecular weight excluding hydrogens is 338 g/mol. The highest BCUT2D eigenvalue weighted by Gasteiger charge is 2.34. The first kappa shape index (κ1) is 17.2. The summed E-state index contributed by atoms with van der Waals surface area (Å²) in [6, 6.07) is 12.1. The lowest BCUT2D eigenvalue weighted by Gasteiger charge is -2.07. The van der Waals surface area contributed by atoms with Crippen molar-refractivity contribution in [3.63, 3.8) is 0 Å². The fourth-order valence-electron chi connectivity index (χ4n) is 2.75. The van der Waals surface area contributed by atoms with Gasteiger partial charge in [-0.15, -0.1) is 0 Å². The summed E-state index contributed by atoms with van der Waals surface area (Å²) in [7, 11) is 1.55. The predicted octanol–water partition coefficient (Wildman–Crippen LogP) is 2.03. The summed E-state index contributed by atoms with van der Waals surface area (Å²) in [6.45, 7) is -0.645. The Bertz CT molecular complexity index is 960. The molecule has 2 aromatic carbocycles. The van der Waals surface area contributed by atoms with Gasteiger partial charge in [-0.3, -0.25) is 14.4 Å². The van der Waals surface area contributed by atoms with Crippen molar-refractivity contribution in [2.45, 2.75) is 0 Å². The van der Waals surface area contributed by atoms with Gasteiger partial charge in [0.1, 0.15) is 23.6 Å². The van der Waals surface area contributed by atoms with Gasteiger partial charge in [-0.2, -0.15) is 0 Å². The lowest BCUT2D eigenvalue weighted by molar-refractivity contribution is -0.137. The molecule has 0 atom stereocenters. The standard InChI is InChI=1S/C19H15NO6/c1-26-12-4-2-3-10(7-12)11-5-6-13-14(8-11)18(24)16(17(13)23)19(25)20-9-15(21)22/h2-8,24H,9H2,1H3,(H,20,25)(H,21,22). The molecule has 0 bridgehead atoms. The zero-order chi connectivity index (χ0) is 18.8.